The van der Waals surface area contributed by atoms with Gasteiger partial charge in [-0.05, 0) is 40.9 Å². The molecule has 0 spiro atoms. The molecule has 0 radical (unpaired) electrons. The molecule has 2 N–H and O–H groups in total. The second-order valence-electron chi connectivity index (χ2n) is 3.49. The second-order valence-corrected chi connectivity index (χ2v) is 4.41. The van der Waals surface area contributed by atoms with Crippen LogP contribution in [0.3, 0.4) is 0 Å². The third-order valence-electron chi connectivity index (χ3n) is 2.10. The first-order valence-electron chi connectivity index (χ1n) is 5.25. The number of carboxylic acid groups (broad SMARTS) is 1. The van der Waals surface area contributed by atoms with Crippen molar-refractivity contribution in [2.45, 2.75) is 25.7 Å². The van der Waals surface area contributed by atoms with Gasteiger partial charge in [0.1, 0.15) is 5.82 Å². The van der Waals surface area contributed by atoms with E-state index in [-0.39, 0.29) is 6.42 Å². The summed E-state index contributed by atoms with van der Waals surface area (Å²) in [5, 5.41) is 11.6. The highest BCUT2D eigenvalue weighted by atomic mass is 79.9. The molecule has 0 atom stereocenters. The topological polar surface area (TPSA) is 62.2 Å². The van der Waals surface area contributed by atoms with E-state index in [1.54, 1.807) is 6.20 Å². The molecule has 0 saturated heterocycles. The summed E-state index contributed by atoms with van der Waals surface area (Å²) in [5.74, 6) is 0.129. The summed E-state index contributed by atoms with van der Waals surface area (Å²) in [6, 6.07) is 3.83. The minimum Gasteiger partial charge on any atom is -0.481 e. The fraction of sp³-hybridized carbons (Fsp3) is 0.455. The maximum Gasteiger partial charge on any atom is 0.303 e. The van der Waals surface area contributed by atoms with Crippen molar-refractivity contribution >= 4 is 27.7 Å². The zero-order valence-corrected chi connectivity index (χ0v) is 10.5. The SMILES string of the molecule is O=C(O)CCCCCNc1ccc(Br)cn1. The summed E-state index contributed by atoms with van der Waals surface area (Å²) in [4.78, 5) is 14.4. The van der Waals surface area contributed by atoms with E-state index < -0.39 is 5.97 Å². The molecule has 88 valence electrons. The molecule has 0 aliphatic rings. The van der Waals surface area contributed by atoms with Crippen molar-refractivity contribution in [3.05, 3.63) is 22.8 Å². The van der Waals surface area contributed by atoms with Gasteiger partial charge in [-0.3, -0.25) is 4.79 Å². The van der Waals surface area contributed by atoms with E-state index in [2.05, 4.69) is 26.2 Å². The predicted octanol–water partition coefficient (Wildman–Crippen LogP) is 2.90. The van der Waals surface area contributed by atoms with Crippen LogP contribution >= 0.6 is 15.9 Å². The Bertz CT molecular complexity index is 327. The number of carbonyl (C=O) groups is 1. The van der Waals surface area contributed by atoms with Crippen LogP contribution < -0.4 is 5.32 Å². The van der Waals surface area contributed by atoms with Crippen LogP contribution in [0.5, 0.6) is 0 Å². The van der Waals surface area contributed by atoms with Crippen LogP contribution in [-0.4, -0.2) is 22.6 Å². The van der Waals surface area contributed by atoms with Crippen molar-refractivity contribution in [1.29, 1.82) is 0 Å². The number of hydrogen-bond acceptors (Lipinski definition) is 3. The number of rotatable bonds is 7. The Morgan fingerprint density at radius 3 is 2.81 bits per heavy atom. The van der Waals surface area contributed by atoms with E-state index in [9.17, 15) is 4.79 Å². The predicted molar refractivity (Wildman–Crippen MR) is 66.5 cm³/mol. The summed E-state index contributed by atoms with van der Waals surface area (Å²) >= 11 is 3.32. The lowest BCUT2D eigenvalue weighted by molar-refractivity contribution is -0.137. The highest BCUT2D eigenvalue weighted by Crippen LogP contribution is 2.10. The van der Waals surface area contributed by atoms with Crippen molar-refractivity contribution in [1.82, 2.24) is 4.98 Å². The minimum atomic E-state index is -0.720. The lowest BCUT2D eigenvalue weighted by Crippen LogP contribution is -2.03. The van der Waals surface area contributed by atoms with Gasteiger partial charge >= 0.3 is 5.97 Å². The molecule has 16 heavy (non-hydrogen) atoms. The van der Waals surface area contributed by atoms with E-state index in [1.165, 1.54) is 0 Å². The van der Waals surface area contributed by atoms with Gasteiger partial charge in [0.15, 0.2) is 0 Å². The smallest absolute Gasteiger partial charge is 0.303 e. The van der Waals surface area contributed by atoms with Crippen LogP contribution in [0.2, 0.25) is 0 Å². The van der Waals surface area contributed by atoms with Crippen LogP contribution in [0.4, 0.5) is 5.82 Å². The van der Waals surface area contributed by atoms with Gasteiger partial charge < -0.3 is 10.4 Å². The first kappa shape index (κ1) is 13.0. The number of unbranched alkanes of at least 4 members (excludes halogenated alkanes) is 2. The van der Waals surface area contributed by atoms with Crippen LogP contribution in [-0.2, 0) is 4.79 Å². The molecule has 0 unspecified atom stereocenters. The molecule has 1 aromatic rings. The van der Waals surface area contributed by atoms with Gasteiger partial charge in [0.25, 0.3) is 0 Å². The Morgan fingerprint density at radius 1 is 1.38 bits per heavy atom. The zero-order valence-electron chi connectivity index (χ0n) is 8.95. The van der Waals surface area contributed by atoms with E-state index >= 15 is 0 Å². The monoisotopic (exact) mass is 286 g/mol. The normalized spacial score (nSPS) is 10.1. The standard InChI is InChI=1S/C11H15BrN2O2/c12-9-5-6-10(14-8-9)13-7-3-1-2-4-11(15)16/h5-6,8H,1-4,7H2,(H,13,14)(H,15,16). The molecule has 0 bridgehead atoms. The fourth-order valence-electron chi connectivity index (χ4n) is 1.27. The Morgan fingerprint density at radius 2 is 2.19 bits per heavy atom. The van der Waals surface area contributed by atoms with E-state index in [4.69, 9.17) is 5.11 Å². The number of halogens is 1. The van der Waals surface area contributed by atoms with Gasteiger partial charge in [-0.15, -0.1) is 0 Å². The highest BCUT2D eigenvalue weighted by molar-refractivity contribution is 9.10. The van der Waals surface area contributed by atoms with Crippen LogP contribution in [0.25, 0.3) is 0 Å². The number of aliphatic carboxylic acids is 1. The van der Waals surface area contributed by atoms with Gasteiger partial charge in [-0.25, -0.2) is 4.98 Å². The molecule has 5 heteroatoms. The van der Waals surface area contributed by atoms with Crippen molar-refractivity contribution in [3.8, 4) is 0 Å². The van der Waals surface area contributed by atoms with Gasteiger partial charge in [0.2, 0.25) is 0 Å². The van der Waals surface area contributed by atoms with Crippen LogP contribution in [0.15, 0.2) is 22.8 Å². The Balaban J connectivity index is 2.07. The lowest BCUT2D eigenvalue weighted by atomic mass is 10.2. The van der Waals surface area contributed by atoms with Crippen LogP contribution in [0, 0.1) is 0 Å². The number of nitrogens with zero attached hydrogens (tertiary/aromatic N) is 1. The van der Waals surface area contributed by atoms with E-state index in [0.717, 1.165) is 36.1 Å². The average Bonchev–Trinajstić information content (AvgIpc) is 2.25. The van der Waals surface area contributed by atoms with Crippen molar-refractivity contribution in [2.24, 2.45) is 0 Å². The molecule has 0 aliphatic heterocycles. The minimum absolute atomic E-state index is 0.260. The lowest BCUT2D eigenvalue weighted by Gasteiger charge is -2.04. The summed E-state index contributed by atoms with van der Waals surface area (Å²) in [6.07, 6.45) is 4.63. The molecule has 0 aliphatic carbocycles. The van der Waals surface area contributed by atoms with Crippen LogP contribution in [0.1, 0.15) is 25.7 Å². The molecule has 1 aromatic heterocycles. The van der Waals surface area contributed by atoms with Gasteiger partial charge in [0.05, 0.1) is 0 Å². The third-order valence-corrected chi connectivity index (χ3v) is 2.57. The fourth-order valence-corrected chi connectivity index (χ4v) is 1.51. The number of carboxylic acids is 1. The Labute approximate surface area is 103 Å². The molecular formula is C11H15BrN2O2. The Hall–Kier alpha value is -1.10. The van der Waals surface area contributed by atoms with E-state index in [0.29, 0.717) is 0 Å². The number of nitrogens with one attached hydrogen (secondary N) is 1. The summed E-state index contributed by atoms with van der Waals surface area (Å²) in [5.41, 5.74) is 0. The molecule has 1 rings (SSSR count). The first-order valence-corrected chi connectivity index (χ1v) is 6.05. The Kier molecular flexibility index (Phi) is 5.85. The maximum absolute atomic E-state index is 10.3. The van der Waals surface area contributed by atoms with Crippen molar-refractivity contribution < 1.29 is 9.90 Å². The molecule has 1 heterocycles. The number of anilines is 1. The zero-order chi connectivity index (χ0) is 11.8. The highest BCUT2D eigenvalue weighted by Gasteiger charge is 1.97. The number of pyridine rings is 1. The molecule has 0 amide bonds. The molecule has 0 fully saturated rings. The summed E-state index contributed by atoms with van der Waals surface area (Å²) in [7, 11) is 0. The molecule has 0 aromatic carbocycles. The number of hydrogen-bond donors (Lipinski definition) is 2. The van der Waals surface area contributed by atoms with Gasteiger partial charge in [-0.2, -0.15) is 0 Å². The number of aromatic nitrogens is 1. The van der Waals surface area contributed by atoms with E-state index in [1.807, 2.05) is 12.1 Å². The quantitative estimate of drug-likeness (QED) is 0.757. The third kappa shape index (κ3) is 5.70. The maximum atomic E-state index is 10.3. The average molecular weight is 287 g/mol. The molecule has 0 saturated carbocycles. The first-order chi connectivity index (χ1) is 7.68. The van der Waals surface area contributed by atoms with Gasteiger partial charge in [0, 0.05) is 23.6 Å². The summed E-state index contributed by atoms with van der Waals surface area (Å²) in [6.45, 7) is 0.828. The van der Waals surface area contributed by atoms with Crippen molar-refractivity contribution in [2.75, 3.05) is 11.9 Å². The second kappa shape index (κ2) is 7.22. The van der Waals surface area contributed by atoms with Crippen molar-refractivity contribution in [3.63, 3.8) is 0 Å². The molecular weight excluding hydrogens is 272 g/mol. The summed E-state index contributed by atoms with van der Waals surface area (Å²) < 4.78 is 0.958. The van der Waals surface area contributed by atoms with Gasteiger partial charge in [-0.1, -0.05) is 6.42 Å². The largest absolute Gasteiger partial charge is 0.481 e. The molecule has 4 nitrogen and oxygen atoms in total.